The number of rotatable bonds is 6. The van der Waals surface area contributed by atoms with Gasteiger partial charge in [-0.2, -0.15) is 0 Å². The summed E-state index contributed by atoms with van der Waals surface area (Å²) in [5.41, 5.74) is 5.08. The van der Waals surface area contributed by atoms with Gasteiger partial charge in [0.05, 0.1) is 28.8 Å². The fourth-order valence-corrected chi connectivity index (χ4v) is 4.37. The fraction of sp³-hybridized carbons (Fsp3) is 0.241. The van der Waals surface area contributed by atoms with Gasteiger partial charge in [-0.05, 0) is 41.3 Å². The van der Waals surface area contributed by atoms with Crippen molar-refractivity contribution < 1.29 is 4.74 Å². The zero-order valence-corrected chi connectivity index (χ0v) is 20.5. The number of benzene rings is 3. The van der Waals surface area contributed by atoms with Crippen LogP contribution in [-0.4, -0.2) is 14.5 Å². The van der Waals surface area contributed by atoms with Crippen molar-refractivity contribution in [3.63, 3.8) is 0 Å². The molecule has 0 bridgehead atoms. The number of imidazole rings is 1. The lowest BCUT2D eigenvalue weighted by Gasteiger charge is -2.19. The number of ether oxygens (including phenoxy) is 1. The van der Waals surface area contributed by atoms with Gasteiger partial charge in [0.25, 0.3) is 0 Å². The van der Waals surface area contributed by atoms with Gasteiger partial charge >= 0.3 is 0 Å². The largest absolute Gasteiger partial charge is 0.487 e. The molecule has 0 unspecified atom stereocenters. The normalized spacial score (nSPS) is 11.9. The van der Waals surface area contributed by atoms with Crippen LogP contribution in [0.4, 0.5) is 0 Å². The minimum atomic E-state index is 0.112. The summed E-state index contributed by atoms with van der Waals surface area (Å²) in [7, 11) is 0. The second-order valence-corrected chi connectivity index (χ2v) is 10.3. The Morgan fingerprint density at radius 2 is 1.65 bits per heavy atom. The Morgan fingerprint density at radius 1 is 0.853 bits per heavy atom. The summed E-state index contributed by atoms with van der Waals surface area (Å²) in [6.45, 7) is 7.79. The van der Waals surface area contributed by atoms with Gasteiger partial charge in [-0.15, -0.1) is 0 Å². The van der Waals surface area contributed by atoms with E-state index < -0.39 is 0 Å². The molecule has 0 N–H and O–H groups in total. The Hall–Kier alpha value is -3.37. The van der Waals surface area contributed by atoms with Gasteiger partial charge in [-0.1, -0.05) is 74.8 Å². The van der Waals surface area contributed by atoms with Crippen molar-refractivity contribution in [1.29, 1.82) is 0 Å². The maximum Gasteiger partial charge on any atom is 0.130 e. The van der Waals surface area contributed by atoms with Crippen LogP contribution in [0, 0.1) is 5.41 Å². The Kier molecular flexibility index (Phi) is 6.01. The van der Waals surface area contributed by atoms with Crippen LogP contribution < -0.4 is 4.74 Å². The summed E-state index contributed by atoms with van der Waals surface area (Å²) < 4.78 is 8.38. The number of para-hydroxylation sites is 1. The molecule has 2 aromatic heterocycles. The van der Waals surface area contributed by atoms with Gasteiger partial charge in [-0.3, -0.25) is 0 Å². The summed E-state index contributed by atoms with van der Waals surface area (Å²) in [5.74, 6) is 1.84. The number of fused-ring (bicyclic) bond motifs is 2. The van der Waals surface area contributed by atoms with Crippen LogP contribution in [0.3, 0.4) is 0 Å². The first kappa shape index (κ1) is 22.4. The molecule has 5 rings (SSSR count). The molecule has 0 amide bonds. The van der Waals surface area contributed by atoms with E-state index in [0.29, 0.717) is 13.2 Å². The van der Waals surface area contributed by atoms with Gasteiger partial charge < -0.3 is 9.30 Å². The molecule has 0 fully saturated rings. The molecule has 2 heterocycles. The first-order chi connectivity index (χ1) is 16.4. The summed E-state index contributed by atoms with van der Waals surface area (Å²) in [6.07, 6.45) is 0.864. The summed E-state index contributed by atoms with van der Waals surface area (Å²) >= 11 is 6.48. The second kappa shape index (κ2) is 9.11. The molecule has 3 aromatic carbocycles. The number of aromatic nitrogens is 3. The number of halogens is 1. The first-order valence-electron chi connectivity index (χ1n) is 11.6. The number of nitrogens with zero attached hydrogens (tertiary/aromatic N) is 3. The molecule has 0 aliphatic carbocycles. The molecule has 5 heteroatoms. The summed E-state index contributed by atoms with van der Waals surface area (Å²) in [6, 6.07) is 26.3. The van der Waals surface area contributed by atoms with E-state index in [1.165, 1.54) is 0 Å². The van der Waals surface area contributed by atoms with Crippen LogP contribution in [0.25, 0.3) is 21.9 Å². The number of pyridine rings is 1. The van der Waals surface area contributed by atoms with Crippen LogP contribution in [0.2, 0.25) is 5.02 Å². The maximum absolute atomic E-state index is 6.48. The van der Waals surface area contributed by atoms with E-state index in [1.807, 2.05) is 54.6 Å². The number of hydrogen-bond donors (Lipinski definition) is 0. The van der Waals surface area contributed by atoms with E-state index in [2.05, 4.69) is 49.6 Å². The smallest absolute Gasteiger partial charge is 0.130 e. The molecule has 5 aromatic rings. The average molecular weight is 470 g/mol. The third-order valence-corrected chi connectivity index (χ3v) is 6.19. The first-order valence-corrected chi connectivity index (χ1v) is 11.9. The Bertz CT molecular complexity index is 1470. The Morgan fingerprint density at radius 3 is 2.47 bits per heavy atom. The van der Waals surface area contributed by atoms with Crippen LogP contribution in [0.1, 0.15) is 37.9 Å². The topological polar surface area (TPSA) is 39.9 Å². The van der Waals surface area contributed by atoms with Gasteiger partial charge in [-0.25, -0.2) is 9.97 Å². The molecule has 172 valence electrons. The van der Waals surface area contributed by atoms with E-state index in [0.717, 1.165) is 56.2 Å². The molecule has 0 spiro atoms. The molecule has 4 nitrogen and oxygen atoms in total. The van der Waals surface area contributed by atoms with Crippen molar-refractivity contribution in [1.82, 2.24) is 14.5 Å². The highest BCUT2D eigenvalue weighted by Crippen LogP contribution is 2.29. The SMILES string of the molecule is CC(C)(C)Cc1nc2cc(OCc3ccc4ccccc4n3)ccc2n1Cc1ccccc1Cl. The molecule has 0 aliphatic heterocycles. The lowest BCUT2D eigenvalue weighted by molar-refractivity contribution is 0.302. The zero-order chi connectivity index (χ0) is 23.7. The van der Waals surface area contributed by atoms with Gasteiger partial charge in [0.15, 0.2) is 0 Å². The van der Waals surface area contributed by atoms with Crippen LogP contribution >= 0.6 is 11.6 Å². The van der Waals surface area contributed by atoms with Crippen molar-refractivity contribution in [2.45, 2.75) is 40.3 Å². The predicted molar refractivity (Wildman–Crippen MR) is 140 cm³/mol. The third-order valence-electron chi connectivity index (χ3n) is 5.82. The third kappa shape index (κ3) is 4.92. The molecule has 0 aliphatic rings. The lowest BCUT2D eigenvalue weighted by Crippen LogP contribution is -2.15. The Balaban J connectivity index is 1.44. The van der Waals surface area contributed by atoms with E-state index in [1.54, 1.807) is 0 Å². The highest BCUT2D eigenvalue weighted by molar-refractivity contribution is 6.31. The molecule has 0 radical (unpaired) electrons. The predicted octanol–water partition coefficient (Wildman–Crippen LogP) is 7.45. The maximum atomic E-state index is 6.48. The van der Waals surface area contributed by atoms with Crippen LogP contribution in [0.15, 0.2) is 78.9 Å². The standard InChI is InChI=1S/C29H28ClN3O/c1-29(2,3)17-28-32-26-16-23(34-19-22-13-12-20-8-5-7-11-25(20)31-22)14-15-27(26)33(28)18-21-9-4-6-10-24(21)30/h4-16H,17-19H2,1-3H3. The molecule has 34 heavy (non-hydrogen) atoms. The monoisotopic (exact) mass is 469 g/mol. The Labute approximate surface area is 205 Å². The fourth-order valence-electron chi connectivity index (χ4n) is 4.18. The van der Waals surface area contributed by atoms with Crippen LogP contribution in [-0.2, 0) is 19.6 Å². The van der Waals surface area contributed by atoms with Gasteiger partial charge in [0, 0.05) is 22.9 Å². The summed E-state index contributed by atoms with van der Waals surface area (Å²) in [4.78, 5) is 9.71. The van der Waals surface area contributed by atoms with E-state index in [4.69, 9.17) is 26.3 Å². The van der Waals surface area contributed by atoms with E-state index in [-0.39, 0.29) is 5.41 Å². The van der Waals surface area contributed by atoms with Gasteiger partial charge in [0.1, 0.15) is 18.2 Å². The van der Waals surface area contributed by atoms with Crippen molar-refractivity contribution >= 4 is 33.5 Å². The van der Waals surface area contributed by atoms with Crippen molar-refractivity contribution in [3.05, 3.63) is 101 Å². The second-order valence-electron chi connectivity index (χ2n) is 9.88. The average Bonchev–Trinajstić information content (AvgIpc) is 3.13. The van der Waals surface area contributed by atoms with E-state index in [9.17, 15) is 0 Å². The summed E-state index contributed by atoms with van der Waals surface area (Å²) in [5, 5.41) is 1.90. The van der Waals surface area contributed by atoms with E-state index >= 15 is 0 Å². The molecule has 0 saturated heterocycles. The highest BCUT2D eigenvalue weighted by atomic mass is 35.5. The molecular formula is C29H28ClN3O. The molecule has 0 saturated carbocycles. The van der Waals surface area contributed by atoms with Gasteiger partial charge in [0.2, 0.25) is 0 Å². The van der Waals surface area contributed by atoms with Crippen molar-refractivity contribution in [3.8, 4) is 5.75 Å². The van der Waals surface area contributed by atoms with Crippen LogP contribution in [0.5, 0.6) is 5.75 Å². The molecular weight excluding hydrogens is 442 g/mol. The minimum Gasteiger partial charge on any atom is -0.487 e. The zero-order valence-electron chi connectivity index (χ0n) is 19.8. The van der Waals surface area contributed by atoms with Crippen molar-refractivity contribution in [2.75, 3.05) is 0 Å². The quantitative estimate of drug-likeness (QED) is 0.259. The molecule has 0 atom stereocenters. The minimum absolute atomic E-state index is 0.112. The lowest BCUT2D eigenvalue weighted by atomic mass is 9.92. The van der Waals surface area contributed by atoms with Crippen molar-refractivity contribution in [2.24, 2.45) is 5.41 Å². The number of hydrogen-bond acceptors (Lipinski definition) is 3. The highest BCUT2D eigenvalue weighted by Gasteiger charge is 2.19.